The smallest absolute Gasteiger partial charge is 0.292 e. The second-order valence-corrected chi connectivity index (χ2v) is 9.06. The average Bonchev–Trinajstić information content (AvgIpc) is 2.78. The Labute approximate surface area is 199 Å². The minimum absolute atomic E-state index is 0.0188. The fourth-order valence-corrected chi connectivity index (χ4v) is 4.06. The van der Waals surface area contributed by atoms with Gasteiger partial charge in [0.1, 0.15) is 5.69 Å². The van der Waals surface area contributed by atoms with Crippen molar-refractivity contribution in [3.05, 3.63) is 87.4 Å². The third-order valence-corrected chi connectivity index (χ3v) is 5.92. The summed E-state index contributed by atoms with van der Waals surface area (Å²) in [4.78, 5) is 34.9. The molecule has 0 aliphatic carbocycles. The number of anilines is 1. The van der Waals surface area contributed by atoms with Crippen molar-refractivity contribution in [3.8, 4) is 11.1 Å². The van der Waals surface area contributed by atoms with Crippen LogP contribution in [0.3, 0.4) is 0 Å². The van der Waals surface area contributed by atoms with Gasteiger partial charge in [0, 0.05) is 35.2 Å². The van der Waals surface area contributed by atoms with E-state index in [4.69, 9.17) is 16.7 Å². The Morgan fingerprint density at radius 2 is 1.71 bits per heavy atom. The number of primary sulfonamides is 1. The summed E-state index contributed by atoms with van der Waals surface area (Å²) in [5.74, 6) is -0.992. The van der Waals surface area contributed by atoms with Gasteiger partial charge in [-0.05, 0) is 35.9 Å². The molecule has 0 saturated carbocycles. The number of benzene rings is 3. The lowest BCUT2D eigenvalue weighted by atomic mass is 10.0. The molecule has 0 spiro atoms. The average molecular weight is 503 g/mol. The Morgan fingerprint density at radius 3 is 2.35 bits per heavy atom. The first kappa shape index (κ1) is 24.8. The van der Waals surface area contributed by atoms with Crippen LogP contribution in [-0.4, -0.2) is 31.7 Å². The van der Waals surface area contributed by atoms with E-state index >= 15 is 0 Å². The van der Waals surface area contributed by atoms with Crippen molar-refractivity contribution >= 4 is 44.8 Å². The van der Waals surface area contributed by atoms with E-state index in [1.54, 1.807) is 30.3 Å². The summed E-state index contributed by atoms with van der Waals surface area (Å²) in [5.41, 5.74) is 0.921. The van der Waals surface area contributed by atoms with Gasteiger partial charge in [-0.25, -0.2) is 13.6 Å². The Morgan fingerprint density at radius 1 is 1.03 bits per heavy atom. The van der Waals surface area contributed by atoms with Crippen molar-refractivity contribution in [2.75, 3.05) is 11.9 Å². The van der Waals surface area contributed by atoms with Crippen LogP contribution < -0.4 is 15.8 Å². The predicted octanol–water partition coefficient (Wildman–Crippen LogP) is 3.32. The van der Waals surface area contributed by atoms with E-state index in [9.17, 15) is 28.1 Å². The topological polar surface area (TPSA) is 162 Å². The summed E-state index contributed by atoms with van der Waals surface area (Å²) < 4.78 is 23.6. The van der Waals surface area contributed by atoms with Gasteiger partial charge in [-0.3, -0.25) is 19.7 Å². The number of nitro groups is 1. The summed E-state index contributed by atoms with van der Waals surface area (Å²) >= 11 is 5.83. The number of nitrogens with two attached hydrogens (primary N) is 1. The van der Waals surface area contributed by atoms with Crippen LogP contribution in [0.1, 0.15) is 16.8 Å². The molecule has 0 atom stereocenters. The fourth-order valence-electron chi connectivity index (χ4n) is 3.13. The zero-order valence-corrected chi connectivity index (χ0v) is 19.1. The minimum Gasteiger partial charge on any atom is -0.352 e. The van der Waals surface area contributed by atoms with Crippen molar-refractivity contribution < 1.29 is 22.9 Å². The van der Waals surface area contributed by atoms with E-state index < -0.39 is 26.8 Å². The zero-order chi connectivity index (χ0) is 24.9. The van der Waals surface area contributed by atoms with Gasteiger partial charge in [0.25, 0.3) is 11.6 Å². The van der Waals surface area contributed by atoms with Crippen LogP contribution in [-0.2, 0) is 14.8 Å². The van der Waals surface area contributed by atoms with Crippen molar-refractivity contribution in [1.29, 1.82) is 0 Å². The van der Waals surface area contributed by atoms with Crippen LogP contribution >= 0.6 is 11.6 Å². The SMILES string of the molecule is NS(=O)(=O)c1ccccc1-c1ccc(C(=O)NCCC(=O)Nc2cc(Cl)ccc2[N+](=O)[O-])cc1. The highest BCUT2D eigenvalue weighted by molar-refractivity contribution is 7.89. The predicted molar refractivity (Wildman–Crippen MR) is 127 cm³/mol. The summed E-state index contributed by atoms with van der Waals surface area (Å²) in [7, 11) is -3.92. The van der Waals surface area contributed by atoms with E-state index in [0.717, 1.165) is 0 Å². The largest absolute Gasteiger partial charge is 0.352 e. The first-order valence-electron chi connectivity index (χ1n) is 9.80. The number of halogens is 1. The van der Waals surface area contributed by atoms with E-state index in [2.05, 4.69) is 10.6 Å². The second kappa shape index (κ2) is 10.4. The van der Waals surface area contributed by atoms with E-state index in [1.165, 1.54) is 36.4 Å². The number of carbonyl (C=O) groups is 2. The van der Waals surface area contributed by atoms with Crippen molar-refractivity contribution in [2.24, 2.45) is 5.14 Å². The molecule has 0 aliphatic rings. The maximum Gasteiger partial charge on any atom is 0.292 e. The van der Waals surface area contributed by atoms with Gasteiger partial charge in [-0.15, -0.1) is 0 Å². The van der Waals surface area contributed by atoms with Gasteiger partial charge in [-0.1, -0.05) is 41.9 Å². The Hall–Kier alpha value is -3.80. The molecular formula is C22H19ClN4O6S. The monoisotopic (exact) mass is 502 g/mol. The number of nitrogens with one attached hydrogen (secondary N) is 2. The van der Waals surface area contributed by atoms with Crippen LogP contribution in [0.15, 0.2) is 71.6 Å². The summed E-state index contributed by atoms with van der Waals surface area (Å²) in [6.07, 6.45) is -0.130. The molecule has 0 unspecified atom stereocenters. The van der Waals surface area contributed by atoms with E-state index in [-0.39, 0.29) is 34.3 Å². The number of hydrogen-bond acceptors (Lipinski definition) is 6. The molecule has 4 N–H and O–H groups in total. The Balaban J connectivity index is 1.60. The molecule has 0 radical (unpaired) electrons. The van der Waals surface area contributed by atoms with Crippen molar-refractivity contribution in [3.63, 3.8) is 0 Å². The molecule has 0 aromatic heterocycles. The van der Waals surface area contributed by atoms with Gasteiger partial charge in [-0.2, -0.15) is 0 Å². The number of nitro benzene ring substituents is 1. The molecule has 0 aliphatic heterocycles. The molecule has 0 fully saturated rings. The number of sulfonamides is 1. The molecule has 176 valence electrons. The molecule has 12 heteroatoms. The van der Waals surface area contributed by atoms with Crippen molar-refractivity contribution in [1.82, 2.24) is 5.32 Å². The van der Waals surface area contributed by atoms with Crippen molar-refractivity contribution in [2.45, 2.75) is 11.3 Å². The highest BCUT2D eigenvalue weighted by atomic mass is 35.5. The third kappa shape index (κ3) is 6.16. The van der Waals surface area contributed by atoms with Crippen LogP contribution in [0.25, 0.3) is 11.1 Å². The van der Waals surface area contributed by atoms with E-state index in [0.29, 0.717) is 16.7 Å². The fraction of sp³-hybridized carbons (Fsp3) is 0.0909. The normalized spacial score (nSPS) is 11.0. The molecule has 2 amide bonds. The van der Waals surface area contributed by atoms with Gasteiger partial charge in [0.05, 0.1) is 9.82 Å². The molecular weight excluding hydrogens is 484 g/mol. The van der Waals surface area contributed by atoms with Gasteiger partial charge in [0.2, 0.25) is 15.9 Å². The highest BCUT2D eigenvalue weighted by Crippen LogP contribution is 2.28. The van der Waals surface area contributed by atoms with Gasteiger partial charge < -0.3 is 10.6 Å². The number of amides is 2. The second-order valence-electron chi connectivity index (χ2n) is 7.09. The number of carbonyl (C=O) groups excluding carboxylic acids is 2. The molecule has 10 nitrogen and oxygen atoms in total. The third-order valence-electron chi connectivity index (χ3n) is 4.72. The summed E-state index contributed by atoms with van der Waals surface area (Å²) in [6, 6.07) is 16.2. The van der Waals surface area contributed by atoms with Crippen LogP contribution in [0.2, 0.25) is 5.02 Å². The summed E-state index contributed by atoms with van der Waals surface area (Å²) in [6.45, 7) is -0.0188. The molecule has 0 saturated heterocycles. The molecule has 34 heavy (non-hydrogen) atoms. The number of rotatable bonds is 8. The lowest BCUT2D eigenvalue weighted by Crippen LogP contribution is -2.27. The minimum atomic E-state index is -3.92. The van der Waals surface area contributed by atoms with E-state index in [1.807, 2.05) is 0 Å². The highest BCUT2D eigenvalue weighted by Gasteiger charge is 2.17. The first-order chi connectivity index (χ1) is 16.1. The quantitative estimate of drug-likeness (QED) is 0.316. The maximum absolute atomic E-state index is 12.4. The lowest BCUT2D eigenvalue weighted by molar-refractivity contribution is -0.383. The van der Waals surface area contributed by atoms with Gasteiger partial charge >= 0.3 is 0 Å². The zero-order valence-electron chi connectivity index (χ0n) is 17.5. The van der Waals surface area contributed by atoms with Crippen LogP contribution in [0.5, 0.6) is 0 Å². The number of nitrogens with zero attached hydrogens (tertiary/aromatic N) is 1. The molecule has 0 heterocycles. The standard InChI is InChI=1S/C22H19ClN4O6S/c23-16-9-10-19(27(30)31)18(13-16)26-21(28)11-12-25-22(29)15-7-5-14(6-8-15)17-3-1-2-4-20(17)34(24,32)33/h1-10,13H,11-12H2,(H,25,29)(H,26,28)(H2,24,32,33). The molecule has 0 bridgehead atoms. The first-order valence-corrected chi connectivity index (χ1v) is 11.7. The van der Waals surface area contributed by atoms with Crippen LogP contribution in [0.4, 0.5) is 11.4 Å². The molecule has 3 rings (SSSR count). The maximum atomic E-state index is 12.4. The molecule has 3 aromatic rings. The Kier molecular flexibility index (Phi) is 7.61. The Bertz CT molecular complexity index is 1360. The lowest BCUT2D eigenvalue weighted by Gasteiger charge is -2.10. The van der Waals surface area contributed by atoms with Crippen LogP contribution in [0, 0.1) is 10.1 Å². The summed E-state index contributed by atoms with van der Waals surface area (Å²) in [5, 5.41) is 21.6. The number of hydrogen-bond donors (Lipinski definition) is 3. The van der Waals surface area contributed by atoms with Gasteiger partial charge in [0.15, 0.2) is 0 Å². The molecule has 3 aromatic carbocycles.